The van der Waals surface area contributed by atoms with Crippen LogP contribution in [-0.4, -0.2) is 42.5 Å². The van der Waals surface area contributed by atoms with Gasteiger partial charge in [0.25, 0.3) is 0 Å². The van der Waals surface area contributed by atoms with Crippen molar-refractivity contribution in [3.05, 3.63) is 42.1 Å². The third-order valence-electron chi connectivity index (χ3n) is 3.99. The van der Waals surface area contributed by atoms with Crippen LogP contribution in [0.1, 0.15) is 32.3 Å². The number of aromatic amines is 1. The third-order valence-corrected chi connectivity index (χ3v) is 3.99. The lowest BCUT2D eigenvalue weighted by Gasteiger charge is -2.13. The van der Waals surface area contributed by atoms with Gasteiger partial charge in [-0.05, 0) is 12.1 Å². The van der Waals surface area contributed by atoms with E-state index in [1.807, 2.05) is 18.2 Å². The molecule has 0 aromatic carbocycles. The van der Waals surface area contributed by atoms with Crippen molar-refractivity contribution in [3.63, 3.8) is 0 Å². The fourth-order valence-corrected chi connectivity index (χ4v) is 2.44. The molecule has 0 saturated heterocycles. The van der Waals surface area contributed by atoms with Gasteiger partial charge in [0.1, 0.15) is 11.6 Å². The summed E-state index contributed by atoms with van der Waals surface area (Å²) in [5.74, 6) is 1.94. The van der Waals surface area contributed by atoms with Crippen molar-refractivity contribution >= 4 is 11.8 Å². The molecule has 3 N–H and O–H groups in total. The highest BCUT2D eigenvalue weighted by molar-refractivity contribution is 5.88. The second-order valence-electron chi connectivity index (χ2n) is 7.27. The van der Waals surface area contributed by atoms with Crippen LogP contribution < -0.4 is 10.6 Å². The van der Waals surface area contributed by atoms with Crippen molar-refractivity contribution in [1.82, 2.24) is 35.3 Å². The van der Waals surface area contributed by atoms with Gasteiger partial charge in [0, 0.05) is 49.5 Å². The summed E-state index contributed by atoms with van der Waals surface area (Å²) in [6, 6.07) is 5.33. The molecule has 9 heteroatoms. The Hall–Kier alpha value is -3.23. The Bertz CT molecular complexity index is 907. The maximum Gasteiger partial charge on any atom is 0.320 e. The van der Waals surface area contributed by atoms with Gasteiger partial charge in [-0.25, -0.2) is 9.78 Å². The summed E-state index contributed by atoms with van der Waals surface area (Å²) in [5.41, 5.74) is 1.69. The summed E-state index contributed by atoms with van der Waals surface area (Å²) >= 11 is 0. The van der Waals surface area contributed by atoms with Crippen LogP contribution in [-0.2, 0) is 18.9 Å². The van der Waals surface area contributed by atoms with Crippen molar-refractivity contribution in [2.75, 3.05) is 11.9 Å². The lowest BCUT2D eigenvalue weighted by atomic mass is 9.92. The van der Waals surface area contributed by atoms with Crippen molar-refractivity contribution in [2.24, 2.45) is 7.05 Å². The molecule has 0 saturated carbocycles. The first-order valence-electron chi connectivity index (χ1n) is 8.74. The number of carbonyl (C=O) groups excluding carboxylic acids is 1. The smallest absolute Gasteiger partial charge is 0.320 e. The average molecular weight is 368 g/mol. The summed E-state index contributed by atoms with van der Waals surface area (Å²) in [4.78, 5) is 20.6. The third kappa shape index (κ3) is 4.69. The van der Waals surface area contributed by atoms with Crippen LogP contribution in [0.15, 0.2) is 30.6 Å². The molecule has 3 aromatic rings. The highest BCUT2D eigenvalue weighted by atomic mass is 16.2. The molecule has 0 unspecified atom stereocenters. The minimum absolute atomic E-state index is 0.0770. The molecule has 0 fully saturated rings. The molecule has 3 heterocycles. The van der Waals surface area contributed by atoms with Crippen LogP contribution in [0.3, 0.4) is 0 Å². The van der Waals surface area contributed by atoms with Crippen LogP contribution in [0.25, 0.3) is 11.4 Å². The molecule has 27 heavy (non-hydrogen) atoms. The molecule has 9 nitrogen and oxygen atoms in total. The van der Waals surface area contributed by atoms with Crippen LogP contribution in [0.5, 0.6) is 0 Å². The number of rotatable bonds is 5. The van der Waals surface area contributed by atoms with E-state index in [0.29, 0.717) is 30.4 Å². The van der Waals surface area contributed by atoms with Crippen molar-refractivity contribution in [3.8, 4) is 11.4 Å². The largest absolute Gasteiger partial charge is 0.337 e. The van der Waals surface area contributed by atoms with Crippen LogP contribution in [0, 0.1) is 0 Å². The normalized spacial score (nSPS) is 11.4. The van der Waals surface area contributed by atoms with Crippen molar-refractivity contribution in [1.29, 1.82) is 0 Å². The Labute approximate surface area is 157 Å². The van der Waals surface area contributed by atoms with Crippen LogP contribution in [0.2, 0.25) is 0 Å². The van der Waals surface area contributed by atoms with E-state index in [9.17, 15) is 4.79 Å². The first-order chi connectivity index (χ1) is 12.8. The summed E-state index contributed by atoms with van der Waals surface area (Å²) in [6.45, 7) is 6.67. The topological polar surface area (TPSA) is 113 Å². The first-order valence-corrected chi connectivity index (χ1v) is 8.74. The minimum Gasteiger partial charge on any atom is -0.337 e. The van der Waals surface area contributed by atoms with Crippen molar-refractivity contribution in [2.45, 2.75) is 32.6 Å². The summed E-state index contributed by atoms with van der Waals surface area (Å²) in [5, 5.41) is 17.1. The van der Waals surface area contributed by atoms with E-state index < -0.39 is 0 Å². The Morgan fingerprint density at radius 3 is 2.81 bits per heavy atom. The van der Waals surface area contributed by atoms with Crippen LogP contribution in [0.4, 0.5) is 10.6 Å². The molecule has 0 bridgehead atoms. The zero-order chi connectivity index (χ0) is 19.4. The Morgan fingerprint density at radius 2 is 2.15 bits per heavy atom. The number of aryl methyl sites for hydroxylation is 1. The molecular formula is C18H24N8O. The number of hydrogen-bond donors (Lipinski definition) is 3. The number of anilines is 1. The van der Waals surface area contributed by atoms with E-state index >= 15 is 0 Å². The molecule has 0 atom stereocenters. The van der Waals surface area contributed by atoms with Gasteiger partial charge in [0.05, 0.1) is 5.69 Å². The predicted octanol–water partition coefficient (Wildman–Crippen LogP) is 2.26. The number of amides is 2. The number of pyridine rings is 1. The Kier molecular flexibility index (Phi) is 5.20. The number of hydrogen-bond acceptors (Lipinski definition) is 5. The molecule has 3 aromatic heterocycles. The quantitative estimate of drug-likeness (QED) is 0.639. The van der Waals surface area contributed by atoms with Gasteiger partial charge in [0.15, 0.2) is 5.82 Å². The van der Waals surface area contributed by atoms with Gasteiger partial charge in [-0.3, -0.25) is 20.1 Å². The fourth-order valence-electron chi connectivity index (χ4n) is 2.44. The molecule has 0 aliphatic rings. The SMILES string of the molecule is Cn1nc(C(C)(C)C)cc1NC(=O)NCCc1nc(-c2cccnc2)n[nH]1. The molecule has 3 rings (SSSR count). The summed E-state index contributed by atoms with van der Waals surface area (Å²) in [6.07, 6.45) is 3.95. The Morgan fingerprint density at radius 1 is 1.33 bits per heavy atom. The number of urea groups is 1. The van der Waals surface area contributed by atoms with E-state index in [1.54, 1.807) is 24.1 Å². The first kappa shape index (κ1) is 18.6. The van der Waals surface area contributed by atoms with E-state index in [1.165, 1.54) is 0 Å². The molecule has 0 aliphatic carbocycles. The van der Waals surface area contributed by atoms with Gasteiger partial charge >= 0.3 is 6.03 Å². The van der Waals surface area contributed by atoms with Gasteiger partial charge in [-0.2, -0.15) is 10.2 Å². The molecule has 0 spiro atoms. The van der Waals surface area contributed by atoms with Gasteiger partial charge in [-0.15, -0.1) is 0 Å². The summed E-state index contributed by atoms with van der Waals surface area (Å²) < 4.78 is 1.66. The standard InChI is InChI=1S/C18H24N8O/c1-18(2,3)13-10-15(26(4)25-13)22-17(27)20-9-7-14-21-16(24-23-14)12-6-5-8-19-11-12/h5-6,8,10-11H,7,9H2,1-4H3,(H2,20,22,27)(H,21,23,24). The predicted molar refractivity (Wildman–Crippen MR) is 102 cm³/mol. The second-order valence-corrected chi connectivity index (χ2v) is 7.27. The lowest BCUT2D eigenvalue weighted by molar-refractivity contribution is 0.252. The number of H-pyrrole nitrogens is 1. The molecular weight excluding hydrogens is 344 g/mol. The lowest BCUT2D eigenvalue weighted by Crippen LogP contribution is -2.31. The van der Waals surface area contributed by atoms with E-state index in [2.05, 4.69) is 56.7 Å². The molecule has 142 valence electrons. The summed E-state index contributed by atoms with van der Waals surface area (Å²) in [7, 11) is 1.80. The number of nitrogens with one attached hydrogen (secondary N) is 3. The number of nitrogens with zero attached hydrogens (tertiary/aromatic N) is 5. The number of carbonyl (C=O) groups is 1. The monoisotopic (exact) mass is 368 g/mol. The van der Waals surface area contributed by atoms with E-state index in [0.717, 1.165) is 11.3 Å². The highest BCUT2D eigenvalue weighted by Gasteiger charge is 2.19. The minimum atomic E-state index is -0.287. The molecule has 0 radical (unpaired) electrons. The zero-order valence-corrected chi connectivity index (χ0v) is 15.9. The maximum absolute atomic E-state index is 12.1. The van der Waals surface area contributed by atoms with Gasteiger partial charge in [0.2, 0.25) is 0 Å². The van der Waals surface area contributed by atoms with Crippen LogP contribution >= 0.6 is 0 Å². The number of aromatic nitrogens is 6. The van der Waals surface area contributed by atoms with Crippen molar-refractivity contribution < 1.29 is 4.79 Å². The average Bonchev–Trinajstić information content (AvgIpc) is 3.23. The van der Waals surface area contributed by atoms with E-state index in [4.69, 9.17) is 0 Å². The Balaban J connectivity index is 1.50. The second kappa shape index (κ2) is 7.56. The van der Waals surface area contributed by atoms with Gasteiger partial charge < -0.3 is 5.32 Å². The fraction of sp³-hybridized carbons (Fsp3) is 0.389. The van der Waals surface area contributed by atoms with E-state index in [-0.39, 0.29) is 11.4 Å². The highest BCUT2D eigenvalue weighted by Crippen LogP contribution is 2.23. The zero-order valence-electron chi connectivity index (χ0n) is 15.9. The van der Waals surface area contributed by atoms with Gasteiger partial charge in [-0.1, -0.05) is 20.8 Å². The molecule has 2 amide bonds. The molecule has 0 aliphatic heterocycles. The maximum atomic E-state index is 12.1.